The Morgan fingerprint density at radius 1 is 1.32 bits per heavy atom. The number of aldehydes is 1. The summed E-state index contributed by atoms with van der Waals surface area (Å²) in [6.07, 6.45) is 4.80. The minimum Gasteiger partial charge on any atom is -0.335 e. The molecule has 110 valence electrons. The van der Waals surface area contributed by atoms with Gasteiger partial charge >= 0.3 is 0 Å². The molecular weight excluding hydrogens is 312 g/mol. The van der Waals surface area contributed by atoms with E-state index in [1.807, 2.05) is 0 Å². The van der Waals surface area contributed by atoms with Crippen LogP contribution in [0.4, 0.5) is 0 Å². The first kappa shape index (κ1) is 18.1. The molecule has 0 aliphatic carbocycles. The average molecular weight is 335 g/mol. The second-order valence-electron chi connectivity index (χ2n) is 4.43. The lowest BCUT2D eigenvalue weighted by Crippen LogP contribution is -2.49. The summed E-state index contributed by atoms with van der Waals surface area (Å²) < 4.78 is 0. The molecule has 0 heterocycles. The summed E-state index contributed by atoms with van der Waals surface area (Å²) in [5.41, 5.74) is 0. The van der Waals surface area contributed by atoms with Gasteiger partial charge in [-0.1, -0.05) is 42.1 Å². The fourth-order valence-corrected chi connectivity index (χ4v) is 2.04. The number of unbranched alkanes of at least 4 members (excludes halogenated alkanes) is 3. The van der Waals surface area contributed by atoms with Crippen LogP contribution in [0.1, 0.15) is 45.4 Å². The molecular formula is C13H23BrN2O3. The number of carbonyl (C=O) groups excluding carboxylic acids is 3. The zero-order valence-electron chi connectivity index (χ0n) is 11.7. The highest BCUT2D eigenvalue weighted by molar-refractivity contribution is 9.09. The van der Waals surface area contributed by atoms with E-state index in [1.165, 1.54) is 4.90 Å². The van der Waals surface area contributed by atoms with Crippen LogP contribution >= 0.6 is 15.9 Å². The van der Waals surface area contributed by atoms with Crippen molar-refractivity contribution in [2.45, 2.75) is 51.6 Å². The van der Waals surface area contributed by atoms with Gasteiger partial charge in [0.05, 0.1) is 5.33 Å². The molecule has 1 unspecified atom stereocenters. The third kappa shape index (κ3) is 7.97. The predicted octanol–water partition coefficient (Wildman–Crippen LogP) is 1.84. The number of halogens is 1. The topological polar surface area (TPSA) is 66.5 Å². The van der Waals surface area contributed by atoms with Crippen molar-refractivity contribution in [3.05, 3.63) is 0 Å². The van der Waals surface area contributed by atoms with E-state index >= 15 is 0 Å². The maximum atomic E-state index is 11.7. The molecule has 5 nitrogen and oxygen atoms in total. The molecule has 0 bridgehead atoms. The summed E-state index contributed by atoms with van der Waals surface area (Å²) in [7, 11) is 1.58. The number of rotatable bonds is 10. The van der Waals surface area contributed by atoms with Crippen molar-refractivity contribution in [3.8, 4) is 0 Å². The van der Waals surface area contributed by atoms with Crippen LogP contribution in [-0.2, 0) is 14.4 Å². The summed E-state index contributed by atoms with van der Waals surface area (Å²) >= 11 is 3.07. The fourth-order valence-electron chi connectivity index (χ4n) is 1.64. The normalized spacial score (nSPS) is 11.7. The van der Waals surface area contributed by atoms with Gasteiger partial charge in [0, 0.05) is 19.9 Å². The molecule has 1 atom stereocenters. The van der Waals surface area contributed by atoms with Crippen LogP contribution in [0.3, 0.4) is 0 Å². The number of hydrogen-bond acceptors (Lipinski definition) is 3. The quantitative estimate of drug-likeness (QED) is 0.287. The van der Waals surface area contributed by atoms with Crippen LogP contribution in [0, 0.1) is 0 Å². The van der Waals surface area contributed by atoms with Crippen molar-refractivity contribution in [1.29, 1.82) is 0 Å². The Kier molecular flexibility index (Phi) is 10.4. The van der Waals surface area contributed by atoms with Crippen LogP contribution < -0.4 is 5.32 Å². The number of carbonyl (C=O) groups is 3. The van der Waals surface area contributed by atoms with Crippen molar-refractivity contribution in [2.75, 3.05) is 12.4 Å². The summed E-state index contributed by atoms with van der Waals surface area (Å²) in [5, 5.41) is 2.90. The Hall–Kier alpha value is -0.910. The average Bonchev–Trinajstić information content (AvgIpc) is 2.41. The number of alkyl halides is 1. The van der Waals surface area contributed by atoms with Crippen LogP contribution in [0.2, 0.25) is 0 Å². The second kappa shape index (κ2) is 11.0. The van der Waals surface area contributed by atoms with Crippen molar-refractivity contribution in [1.82, 2.24) is 10.2 Å². The Bertz CT molecular complexity index is 298. The Morgan fingerprint density at radius 3 is 2.53 bits per heavy atom. The third-order valence-electron chi connectivity index (χ3n) is 2.88. The molecule has 19 heavy (non-hydrogen) atoms. The van der Waals surface area contributed by atoms with Gasteiger partial charge in [0.2, 0.25) is 11.8 Å². The minimum atomic E-state index is -0.554. The van der Waals surface area contributed by atoms with Gasteiger partial charge in [-0.3, -0.25) is 9.59 Å². The molecule has 0 fully saturated rings. The lowest BCUT2D eigenvalue weighted by molar-refractivity contribution is -0.132. The zero-order chi connectivity index (χ0) is 14.7. The van der Waals surface area contributed by atoms with Crippen LogP contribution in [-0.4, -0.2) is 41.5 Å². The maximum Gasteiger partial charge on any atom is 0.234 e. The number of hydrogen-bond donors (Lipinski definition) is 1. The van der Waals surface area contributed by atoms with E-state index < -0.39 is 6.17 Å². The van der Waals surface area contributed by atoms with Crippen molar-refractivity contribution in [2.24, 2.45) is 0 Å². The largest absolute Gasteiger partial charge is 0.335 e. The first-order valence-electron chi connectivity index (χ1n) is 6.61. The van der Waals surface area contributed by atoms with Gasteiger partial charge in [0.1, 0.15) is 12.5 Å². The van der Waals surface area contributed by atoms with E-state index in [0.717, 1.165) is 25.7 Å². The summed E-state index contributed by atoms with van der Waals surface area (Å²) in [4.78, 5) is 35.2. The van der Waals surface area contributed by atoms with Crippen LogP contribution in [0.25, 0.3) is 0 Å². The molecule has 0 aliphatic heterocycles. The number of nitrogens with one attached hydrogen (secondary N) is 1. The van der Waals surface area contributed by atoms with Crippen molar-refractivity contribution < 1.29 is 14.4 Å². The molecule has 0 spiro atoms. The minimum absolute atomic E-state index is 0.107. The van der Waals surface area contributed by atoms with Gasteiger partial charge in [-0.05, 0) is 6.42 Å². The zero-order valence-corrected chi connectivity index (χ0v) is 13.2. The van der Waals surface area contributed by atoms with Crippen molar-refractivity contribution >= 4 is 34.0 Å². The summed E-state index contributed by atoms with van der Waals surface area (Å²) in [5.74, 6) is -0.282. The van der Waals surface area contributed by atoms with Gasteiger partial charge in [0.25, 0.3) is 0 Å². The first-order chi connectivity index (χ1) is 9.06. The highest BCUT2D eigenvalue weighted by Gasteiger charge is 2.20. The predicted molar refractivity (Wildman–Crippen MR) is 77.9 cm³/mol. The molecule has 1 N–H and O–H groups in total. The smallest absolute Gasteiger partial charge is 0.234 e. The molecule has 0 aromatic heterocycles. The van der Waals surface area contributed by atoms with E-state index in [9.17, 15) is 14.4 Å². The first-order valence-corrected chi connectivity index (χ1v) is 7.73. The molecule has 0 radical (unpaired) electrons. The molecule has 0 rings (SSSR count). The lowest BCUT2D eigenvalue weighted by Gasteiger charge is -2.27. The van der Waals surface area contributed by atoms with Crippen molar-refractivity contribution in [3.63, 3.8) is 0 Å². The van der Waals surface area contributed by atoms with E-state index in [-0.39, 0.29) is 23.6 Å². The Labute approximate surface area is 123 Å². The van der Waals surface area contributed by atoms with Crippen LogP contribution in [0.5, 0.6) is 0 Å². The van der Waals surface area contributed by atoms with Gasteiger partial charge in [-0.25, -0.2) is 0 Å². The van der Waals surface area contributed by atoms with E-state index in [4.69, 9.17) is 0 Å². The molecule has 0 saturated carbocycles. The molecule has 0 aromatic carbocycles. The molecule has 0 saturated heterocycles. The Balaban J connectivity index is 4.21. The third-order valence-corrected chi connectivity index (χ3v) is 3.36. The van der Waals surface area contributed by atoms with Crippen LogP contribution in [0.15, 0.2) is 0 Å². The van der Waals surface area contributed by atoms with E-state index in [2.05, 4.69) is 28.2 Å². The maximum absolute atomic E-state index is 11.7. The molecule has 6 heteroatoms. The van der Waals surface area contributed by atoms with Gasteiger partial charge in [0.15, 0.2) is 0 Å². The van der Waals surface area contributed by atoms with Gasteiger partial charge in [-0.15, -0.1) is 0 Å². The van der Waals surface area contributed by atoms with E-state index in [0.29, 0.717) is 12.7 Å². The highest BCUT2D eigenvalue weighted by atomic mass is 79.9. The highest BCUT2D eigenvalue weighted by Crippen LogP contribution is 2.04. The number of amides is 2. The SMILES string of the molecule is CCCCCCC(=O)NC(CC=O)N(C)C(=O)CBr. The molecule has 2 amide bonds. The molecule has 0 aromatic rings. The summed E-state index contributed by atoms with van der Waals surface area (Å²) in [6, 6.07) is 0. The lowest BCUT2D eigenvalue weighted by atomic mass is 10.1. The standard InChI is InChI=1S/C13H23BrN2O3/c1-3-4-5-6-7-12(18)15-11(8-9-17)16(2)13(19)10-14/h9,11H,3-8,10H2,1-2H3,(H,15,18). The van der Waals surface area contributed by atoms with E-state index in [1.54, 1.807) is 7.05 Å². The molecule has 0 aliphatic rings. The number of nitrogens with zero attached hydrogens (tertiary/aromatic N) is 1. The van der Waals surface area contributed by atoms with Gasteiger partial charge in [-0.2, -0.15) is 0 Å². The second-order valence-corrected chi connectivity index (χ2v) is 5.00. The van der Waals surface area contributed by atoms with Gasteiger partial charge < -0.3 is 15.0 Å². The monoisotopic (exact) mass is 334 g/mol. The summed E-state index contributed by atoms with van der Waals surface area (Å²) in [6.45, 7) is 2.11. The fraction of sp³-hybridized carbons (Fsp3) is 0.769. The Morgan fingerprint density at radius 2 is 2.00 bits per heavy atom.